The summed E-state index contributed by atoms with van der Waals surface area (Å²) < 4.78 is 5.24. The maximum atomic E-state index is 5.24. The molecular weight excluding hydrogens is 152 g/mol. The molecule has 3 nitrogen and oxygen atoms in total. The Bertz CT molecular complexity index is 454. The molecule has 2 aromatic rings. The Kier molecular flexibility index (Phi) is 1.55. The van der Waals surface area contributed by atoms with Gasteiger partial charge in [0, 0.05) is 11.5 Å². The van der Waals surface area contributed by atoms with E-state index in [2.05, 4.69) is 5.10 Å². The molecule has 60 valence electrons. The van der Waals surface area contributed by atoms with Crippen molar-refractivity contribution in [3.05, 3.63) is 42.0 Å². The lowest BCUT2D eigenvalue weighted by molar-refractivity contribution is 0.601. The SMILES string of the molecule is N/N=c1\ccoc2ccccc12. The third-order valence-corrected chi connectivity index (χ3v) is 1.72. The van der Waals surface area contributed by atoms with Gasteiger partial charge in [0.15, 0.2) is 0 Å². The zero-order valence-electron chi connectivity index (χ0n) is 6.40. The van der Waals surface area contributed by atoms with Crippen molar-refractivity contribution in [2.24, 2.45) is 10.9 Å². The molecule has 2 N–H and O–H groups in total. The average molecular weight is 160 g/mol. The van der Waals surface area contributed by atoms with Gasteiger partial charge in [0.25, 0.3) is 0 Å². The number of fused-ring (bicyclic) bond motifs is 1. The fourth-order valence-corrected chi connectivity index (χ4v) is 1.16. The van der Waals surface area contributed by atoms with Crippen LogP contribution in [0, 0.1) is 0 Å². The Morgan fingerprint density at radius 3 is 2.83 bits per heavy atom. The summed E-state index contributed by atoms with van der Waals surface area (Å²) in [6, 6.07) is 9.37. The molecule has 3 heteroatoms. The molecule has 1 aromatic carbocycles. The first-order valence-electron chi connectivity index (χ1n) is 3.62. The van der Waals surface area contributed by atoms with Crippen LogP contribution in [0.1, 0.15) is 0 Å². The van der Waals surface area contributed by atoms with Gasteiger partial charge in [-0.1, -0.05) is 12.1 Å². The van der Waals surface area contributed by atoms with Gasteiger partial charge in [0.2, 0.25) is 0 Å². The first-order valence-corrected chi connectivity index (χ1v) is 3.62. The van der Waals surface area contributed by atoms with Gasteiger partial charge < -0.3 is 10.3 Å². The number of rotatable bonds is 0. The van der Waals surface area contributed by atoms with Crippen LogP contribution in [-0.2, 0) is 0 Å². The third-order valence-electron chi connectivity index (χ3n) is 1.72. The molecule has 0 unspecified atom stereocenters. The van der Waals surface area contributed by atoms with E-state index in [1.165, 1.54) is 0 Å². The van der Waals surface area contributed by atoms with Gasteiger partial charge >= 0.3 is 0 Å². The molecule has 0 radical (unpaired) electrons. The Morgan fingerprint density at radius 2 is 2.00 bits per heavy atom. The van der Waals surface area contributed by atoms with Crippen LogP contribution in [0.3, 0.4) is 0 Å². The highest BCUT2D eigenvalue weighted by molar-refractivity contribution is 5.75. The van der Waals surface area contributed by atoms with E-state index in [4.69, 9.17) is 10.3 Å². The highest BCUT2D eigenvalue weighted by Gasteiger charge is 1.94. The first-order chi connectivity index (χ1) is 5.92. The normalized spacial score (nSPS) is 12.2. The number of nitrogens with zero attached hydrogens (tertiary/aromatic N) is 1. The number of benzene rings is 1. The summed E-state index contributed by atoms with van der Waals surface area (Å²) in [7, 11) is 0. The van der Waals surface area contributed by atoms with Crippen LogP contribution in [0.15, 0.2) is 46.1 Å². The molecular formula is C9H8N2O. The molecule has 0 saturated heterocycles. The topological polar surface area (TPSA) is 51.5 Å². The second-order valence-corrected chi connectivity index (χ2v) is 2.43. The molecule has 12 heavy (non-hydrogen) atoms. The van der Waals surface area contributed by atoms with Gasteiger partial charge in [-0.3, -0.25) is 0 Å². The van der Waals surface area contributed by atoms with Crippen molar-refractivity contribution < 1.29 is 4.42 Å². The Morgan fingerprint density at radius 1 is 1.17 bits per heavy atom. The van der Waals surface area contributed by atoms with Gasteiger partial charge in [-0.2, -0.15) is 5.10 Å². The van der Waals surface area contributed by atoms with E-state index in [1.807, 2.05) is 24.3 Å². The van der Waals surface area contributed by atoms with Crippen LogP contribution in [0.2, 0.25) is 0 Å². The predicted octanol–water partition coefficient (Wildman–Crippen LogP) is 1.21. The molecule has 0 spiro atoms. The van der Waals surface area contributed by atoms with Crippen molar-refractivity contribution in [1.29, 1.82) is 0 Å². The second-order valence-electron chi connectivity index (χ2n) is 2.43. The first kappa shape index (κ1) is 6.91. The van der Waals surface area contributed by atoms with Crippen LogP contribution in [0.4, 0.5) is 0 Å². The molecule has 0 aliphatic heterocycles. The largest absolute Gasteiger partial charge is 0.464 e. The number of para-hydroxylation sites is 1. The lowest BCUT2D eigenvalue weighted by Crippen LogP contribution is -2.04. The molecule has 0 aliphatic rings. The van der Waals surface area contributed by atoms with Gasteiger partial charge in [-0.25, -0.2) is 0 Å². The van der Waals surface area contributed by atoms with Crippen molar-refractivity contribution in [3.63, 3.8) is 0 Å². The molecule has 0 atom stereocenters. The highest BCUT2D eigenvalue weighted by Crippen LogP contribution is 2.07. The number of hydrogen-bond acceptors (Lipinski definition) is 3. The van der Waals surface area contributed by atoms with Crippen LogP contribution in [0.25, 0.3) is 11.0 Å². The van der Waals surface area contributed by atoms with Gasteiger partial charge in [0.1, 0.15) is 5.58 Å². The van der Waals surface area contributed by atoms with E-state index >= 15 is 0 Å². The highest BCUT2D eigenvalue weighted by atomic mass is 16.3. The summed E-state index contributed by atoms with van der Waals surface area (Å²) in [5.41, 5.74) is 0.796. The third kappa shape index (κ3) is 0.955. The lowest BCUT2D eigenvalue weighted by atomic mass is 10.2. The lowest BCUT2D eigenvalue weighted by Gasteiger charge is -1.94. The van der Waals surface area contributed by atoms with Gasteiger partial charge in [-0.15, -0.1) is 0 Å². The van der Waals surface area contributed by atoms with Gasteiger partial charge in [0.05, 0.1) is 11.6 Å². The predicted molar refractivity (Wildman–Crippen MR) is 46.0 cm³/mol. The van der Waals surface area contributed by atoms with Crippen LogP contribution in [-0.4, -0.2) is 0 Å². The summed E-state index contributed by atoms with van der Waals surface area (Å²) >= 11 is 0. The minimum atomic E-state index is 0.747. The van der Waals surface area contributed by atoms with Crippen LogP contribution >= 0.6 is 0 Å². The Balaban J connectivity index is 2.99. The fraction of sp³-hybridized carbons (Fsp3) is 0. The fourth-order valence-electron chi connectivity index (χ4n) is 1.16. The average Bonchev–Trinajstić information content (AvgIpc) is 2.17. The van der Waals surface area contributed by atoms with Crippen molar-refractivity contribution in [2.45, 2.75) is 0 Å². The van der Waals surface area contributed by atoms with E-state index in [0.717, 1.165) is 16.3 Å². The Hall–Kier alpha value is -1.77. The standard InChI is InChI=1S/C9H8N2O/c10-11-8-5-6-12-9-4-2-1-3-7(8)9/h1-6H,10H2/b11-8+. The molecule has 0 bridgehead atoms. The quantitative estimate of drug-likeness (QED) is 0.465. The molecule has 0 fully saturated rings. The van der Waals surface area contributed by atoms with Crippen molar-refractivity contribution in [1.82, 2.24) is 0 Å². The number of nitrogens with two attached hydrogens (primary N) is 1. The minimum absolute atomic E-state index is 0.747. The zero-order chi connectivity index (χ0) is 8.39. The summed E-state index contributed by atoms with van der Waals surface area (Å²) in [6.45, 7) is 0. The summed E-state index contributed by atoms with van der Waals surface area (Å²) in [6.07, 6.45) is 1.58. The maximum absolute atomic E-state index is 5.24. The van der Waals surface area contributed by atoms with Crippen molar-refractivity contribution in [3.8, 4) is 0 Å². The summed E-state index contributed by atoms with van der Waals surface area (Å²) in [5.74, 6) is 5.20. The van der Waals surface area contributed by atoms with E-state index in [9.17, 15) is 0 Å². The van der Waals surface area contributed by atoms with Crippen molar-refractivity contribution in [2.75, 3.05) is 0 Å². The van der Waals surface area contributed by atoms with E-state index in [-0.39, 0.29) is 0 Å². The van der Waals surface area contributed by atoms with E-state index in [1.54, 1.807) is 12.3 Å². The molecule has 1 aromatic heterocycles. The molecule has 0 saturated carbocycles. The maximum Gasteiger partial charge on any atom is 0.135 e. The minimum Gasteiger partial charge on any atom is -0.464 e. The summed E-state index contributed by atoms with van der Waals surface area (Å²) in [5, 5.41) is 5.32. The van der Waals surface area contributed by atoms with Crippen molar-refractivity contribution >= 4 is 11.0 Å². The van der Waals surface area contributed by atoms with E-state index in [0.29, 0.717) is 0 Å². The van der Waals surface area contributed by atoms with E-state index < -0.39 is 0 Å². The smallest absolute Gasteiger partial charge is 0.135 e. The second kappa shape index (κ2) is 2.70. The van der Waals surface area contributed by atoms with Crippen LogP contribution < -0.4 is 11.2 Å². The molecule has 0 amide bonds. The molecule has 2 rings (SSSR count). The Labute approximate surface area is 69.1 Å². The van der Waals surface area contributed by atoms with Gasteiger partial charge in [-0.05, 0) is 12.1 Å². The van der Waals surface area contributed by atoms with Crippen LogP contribution in [0.5, 0.6) is 0 Å². The number of hydrogen-bond donors (Lipinski definition) is 1. The summed E-state index contributed by atoms with van der Waals surface area (Å²) in [4.78, 5) is 0. The monoisotopic (exact) mass is 160 g/mol. The molecule has 1 heterocycles. The molecule has 0 aliphatic carbocycles. The zero-order valence-corrected chi connectivity index (χ0v) is 6.40.